The summed E-state index contributed by atoms with van der Waals surface area (Å²) >= 11 is 7.77. The number of hydrogen-bond acceptors (Lipinski definition) is 5. The van der Waals surface area contributed by atoms with Gasteiger partial charge in [-0.15, -0.1) is 11.3 Å². The summed E-state index contributed by atoms with van der Waals surface area (Å²) in [6.45, 7) is 6.16. The molecule has 0 fully saturated rings. The first-order chi connectivity index (χ1) is 13.0. The van der Waals surface area contributed by atoms with Crippen LogP contribution in [0.4, 0.5) is 0 Å². The molecule has 2 aromatic heterocycles. The highest BCUT2D eigenvalue weighted by Crippen LogP contribution is 2.22. The number of aliphatic hydroxyl groups excluding tert-OH is 1. The van der Waals surface area contributed by atoms with E-state index in [1.807, 2.05) is 31.2 Å². The molecule has 0 radical (unpaired) electrons. The second-order valence-electron chi connectivity index (χ2n) is 6.65. The van der Waals surface area contributed by atoms with Crippen molar-refractivity contribution in [3.63, 3.8) is 0 Å². The van der Waals surface area contributed by atoms with E-state index < -0.39 is 6.10 Å². The molecule has 4 nitrogen and oxygen atoms in total. The lowest BCUT2D eigenvalue weighted by Crippen LogP contribution is -2.35. The molecule has 0 aliphatic heterocycles. The van der Waals surface area contributed by atoms with Gasteiger partial charge < -0.3 is 14.3 Å². The highest BCUT2D eigenvalue weighted by Gasteiger charge is 2.16. The minimum Gasteiger partial charge on any atom is -0.491 e. The number of rotatable bonds is 9. The normalized spacial score (nSPS) is 12.5. The first-order valence-corrected chi connectivity index (χ1v) is 10.1. The van der Waals surface area contributed by atoms with Crippen molar-refractivity contribution in [2.75, 3.05) is 13.2 Å². The number of halogens is 1. The molecule has 3 aromatic rings. The van der Waals surface area contributed by atoms with Gasteiger partial charge >= 0.3 is 0 Å². The van der Waals surface area contributed by atoms with Crippen LogP contribution in [0.25, 0.3) is 0 Å². The maximum absolute atomic E-state index is 10.5. The summed E-state index contributed by atoms with van der Waals surface area (Å²) < 4.78 is 11.2. The maximum Gasteiger partial charge on any atom is 0.119 e. The number of benzene rings is 1. The van der Waals surface area contributed by atoms with E-state index in [1.165, 1.54) is 10.4 Å². The fourth-order valence-corrected chi connectivity index (χ4v) is 3.89. The molecular weight excluding hydrogens is 382 g/mol. The Labute approximate surface area is 169 Å². The summed E-state index contributed by atoms with van der Waals surface area (Å²) in [6.07, 6.45) is 1.06. The summed E-state index contributed by atoms with van der Waals surface area (Å²) in [4.78, 5) is 3.47. The third kappa shape index (κ3) is 5.84. The average Bonchev–Trinajstić information content (AvgIpc) is 3.28. The number of aryl methyl sites for hydroxylation is 2. The van der Waals surface area contributed by atoms with E-state index in [-0.39, 0.29) is 6.61 Å². The quantitative estimate of drug-likeness (QED) is 0.540. The summed E-state index contributed by atoms with van der Waals surface area (Å²) in [6, 6.07) is 11.5. The minimum atomic E-state index is -0.615. The lowest BCUT2D eigenvalue weighted by atomic mass is 10.2. The smallest absolute Gasteiger partial charge is 0.119 e. The Morgan fingerprint density at radius 3 is 2.70 bits per heavy atom. The third-order valence-corrected chi connectivity index (χ3v) is 5.77. The van der Waals surface area contributed by atoms with Crippen molar-refractivity contribution in [2.45, 2.75) is 33.0 Å². The Kier molecular flexibility index (Phi) is 6.96. The van der Waals surface area contributed by atoms with Crippen molar-refractivity contribution in [1.82, 2.24) is 4.90 Å². The lowest BCUT2D eigenvalue weighted by Gasteiger charge is -2.24. The molecule has 2 heterocycles. The monoisotopic (exact) mass is 405 g/mol. The molecule has 1 atom stereocenters. The van der Waals surface area contributed by atoms with E-state index in [4.69, 9.17) is 20.8 Å². The minimum absolute atomic E-state index is 0.221. The van der Waals surface area contributed by atoms with Crippen LogP contribution in [0.3, 0.4) is 0 Å². The van der Waals surface area contributed by atoms with Gasteiger partial charge in [-0.05, 0) is 66.8 Å². The van der Waals surface area contributed by atoms with Crippen LogP contribution in [-0.4, -0.2) is 29.3 Å². The van der Waals surface area contributed by atoms with Crippen LogP contribution in [0.1, 0.15) is 21.8 Å². The summed E-state index contributed by atoms with van der Waals surface area (Å²) in [5.41, 5.74) is 2.23. The Morgan fingerprint density at radius 1 is 1.19 bits per heavy atom. The van der Waals surface area contributed by atoms with E-state index in [0.717, 1.165) is 17.9 Å². The number of ether oxygens (including phenoxy) is 1. The molecule has 1 aromatic carbocycles. The fourth-order valence-electron chi connectivity index (χ4n) is 2.83. The van der Waals surface area contributed by atoms with Crippen LogP contribution in [0.2, 0.25) is 5.02 Å². The van der Waals surface area contributed by atoms with Gasteiger partial charge in [0.15, 0.2) is 0 Å². The summed E-state index contributed by atoms with van der Waals surface area (Å²) in [7, 11) is 0. The SMILES string of the molecule is Cc1cc(OCC(O)CN(Cc2ccco2)Cc2sccc2C)ccc1Cl. The number of thiophene rings is 1. The van der Waals surface area contributed by atoms with Crippen LogP contribution in [0, 0.1) is 13.8 Å². The van der Waals surface area contributed by atoms with E-state index in [9.17, 15) is 5.11 Å². The zero-order valence-corrected chi connectivity index (χ0v) is 17.1. The van der Waals surface area contributed by atoms with Gasteiger partial charge in [-0.1, -0.05) is 11.6 Å². The third-order valence-electron chi connectivity index (χ3n) is 4.34. The average molecular weight is 406 g/mol. The van der Waals surface area contributed by atoms with Crippen molar-refractivity contribution in [2.24, 2.45) is 0 Å². The van der Waals surface area contributed by atoms with E-state index in [1.54, 1.807) is 23.7 Å². The van der Waals surface area contributed by atoms with Crippen LogP contribution >= 0.6 is 22.9 Å². The molecule has 0 saturated heterocycles. The van der Waals surface area contributed by atoms with Crippen molar-refractivity contribution in [3.8, 4) is 5.75 Å². The van der Waals surface area contributed by atoms with Gasteiger partial charge in [0.2, 0.25) is 0 Å². The van der Waals surface area contributed by atoms with Gasteiger partial charge in [0.05, 0.1) is 12.8 Å². The highest BCUT2D eigenvalue weighted by atomic mass is 35.5. The van der Waals surface area contributed by atoms with E-state index in [0.29, 0.717) is 23.9 Å². The molecule has 1 N–H and O–H groups in total. The topological polar surface area (TPSA) is 45.8 Å². The Balaban J connectivity index is 1.59. The molecule has 0 bridgehead atoms. The second kappa shape index (κ2) is 9.42. The number of furan rings is 1. The van der Waals surface area contributed by atoms with Crippen molar-refractivity contribution < 1.29 is 14.3 Å². The molecule has 0 amide bonds. The molecule has 0 aliphatic carbocycles. The van der Waals surface area contributed by atoms with Crippen LogP contribution in [0.15, 0.2) is 52.5 Å². The van der Waals surface area contributed by atoms with E-state index >= 15 is 0 Å². The zero-order chi connectivity index (χ0) is 19.2. The van der Waals surface area contributed by atoms with Crippen LogP contribution < -0.4 is 4.74 Å². The predicted octanol–water partition coefficient (Wildman–Crippen LogP) is 5.05. The molecule has 0 saturated carbocycles. The summed E-state index contributed by atoms with van der Waals surface area (Å²) in [5, 5.41) is 13.3. The first-order valence-electron chi connectivity index (χ1n) is 8.86. The van der Waals surface area contributed by atoms with Gasteiger partial charge in [-0.2, -0.15) is 0 Å². The van der Waals surface area contributed by atoms with Crippen LogP contribution in [-0.2, 0) is 13.1 Å². The largest absolute Gasteiger partial charge is 0.491 e. The number of aliphatic hydroxyl groups is 1. The molecule has 1 unspecified atom stereocenters. The highest BCUT2D eigenvalue weighted by molar-refractivity contribution is 7.10. The van der Waals surface area contributed by atoms with Gasteiger partial charge in [0.25, 0.3) is 0 Å². The van der Waals surface area contributed by atoms with Crippen molar-refractivity contribution in [1.29, 1.82) is 0 Å². The molecule has 144 valence electrons. The standard InChI is InChI=1S/C21H24ClNO3S/c1-15-7-9-27-21(15)13-23(12-19-4-3-8-25-19)11-17(24)14-26-18-5-6-20(22)16(2)10-18/h3-10,17,24H,11-14H2,1-2H3. The molecule has 3 rings (SSSR count). The number of nitrogens with zero attached hydrogens (tertiary/aromatic N) is 1. The Morgan fingerprint density at radius 2 is 2.04 bits per heavy atom. The van der Waals surface area contributed by atoms with Crippen LogP contribution in [0.5, 0.6) is 5.75 Å². The zero-order valence-electron chi connectivity index (χ0n) is 15.5. The lowest BCUT2D eigenvalue weighted by molar-refractivity contribution is 0.0607. The molecule has 0 aliphatic rings. The fraction of sp³-hybridized carbons (Fsp3) is 0.333. The van der Waals surface area contributed by atoms with Crippen molar-refractivity contribution >= 4 is 22.9 Å². The number of hydrogen-bond donors (Lipinski definition) is 1. The molecule has 6 heteroatoms. The molecular formula is C21H24ClNO3S. The van der Waals surface area contributed by atoms with E-state index in [2.05, 4.69) is 23.3 Å². The van der Waals surface area contributed by atoms with Gasteiger partial charge in [0, 0.05) is 23.0 Å². The second-order valence-corrected chi connectivity index (χ2v) is 8.06. The Bertz CT molecular complexity index is 847. The van der Waals surface area contributed by atoms with Gasteiger partial charge in [0.1, 0.15) is 24.2 Å². The predicted molar refractivity (Wildman–Crippen MR) is 110 cm³/mol. The summed E-state index contributed by atoms with van der Waals surface area (Å²) in [5.74, 6) is 1.59. The maximum atomic E-state index is 10.5. The van der Waals surface area contributed by atoms with Crippen molar-refractivity contribution in [3.05, 3.63) is 74.8 Å². The molecule has 27 heavy (non-hydrogen) atoms. The first kappa shape index (κ1) is 20.0. The Hall–Kier alpha value is -1.79. The van der Waals surface area contributed by atoms with Gasteiger partial charge in [-0.3, -0.25) is 4.90 Å². The molecule has 0 spiro atoms. The van der Waals surface area contributed by atoms with Gasteiger partial charge in [-0.25, -0.2) is 0 Å².